The van der Waals surface area contributed by atoms with Crippen molar-refractivity contribution in [3.63, 3.8) is 0 Å². The standard InChI is InChI=1S/C23H22N2O4/c1-14-11-17(19-5-3-4-6-20(19)24-14)13-28-18-9-7-16(8-10-18)21-12-22(29-25-21)15(2)23(26)27/h3-11,15,22H,12-13H2,1-2H3,(H,26,27). The van der Waals surface area contributed by atoms with Crippen molar-refractivity contribution in [2.45, 2.75) is 33.0 Å². The molecule has 1 N–H and O–H groups in total. The van der Waals surface area contributed by atoms with Crippen molar-refractivity contribution < 1.29 is 19.5 Å². The number of carboxylic acids is 1. The molecule has 2 atom stereocenters. The van der Waals surface area contributed by atoms with E-state index in [9.17, 15) is 4.79 Å². The third kappa shape index (κ3) is 4.06. The van der Waals surface area contributed by atoms with Gasteiger partial charge in [0.05, 0.1) is 17.1 Å². The minimum absolute atomic E-state index is 0.429. The van der Waals surface area contributed by atoms with Gasteiger partial charge in [0, 0.05) is 23.1 Å². The number of pyridine rings is 1. The second-order valence-corrected chi connectivity index (χ2v) is 7.27. The zero-order valence-corrected chi connectivity index (χ0v) is 16.3. The van der Waals surface area contributed by atoms with Gasteiger partial charge in [-0.3, -0.25) is 9.78 Å². The number of benzene rings is 2. The minimum atomic E-state index is -0.880. The molecule has 148 valence electrons. The molecule has 3 aromatic rings. The Morgan fingerprint density at radius 3 is 2.76 bits per heavy atom. The normalized spacial score (nSPS) is 16.9. The number of carbonyl (C=O) groups is 1. The van der Waals surface area contributed by atoms with Gasteiger partial charge in [0.15, 0.2) is 0 Å². The molecule has 2 unspecified atom stereocenters. The van der Waals surface area contributed by atoms with E-state index in [-0.39, 0.29) is 0 Å². The molecule has 1 aliphatic rings. The van der Waals surface area contributed by atoms with Crippen LogP contribution < -0.4 is 4.74 Å². The molecule has 0 bridgehead atoms. The number of aliphatic carboxylic acids is 1. The third-order valence-electron chi connectivity index (χ3n) is 5.15. The van der Waals surface area contributed by atoms with Crippen LogP contribution in [0, 0.1) is 12.8 Å². The molecule has 4 rings (SSSR count). The Morgan fingerprint density at radius 2 is 2.00 bits per heavy atom. The van der Waals surface area contributed by atoms with Crippen molar-refractivity contribution in [1.29, 1.82) is 0 Å². The number of carboxylic acid groups (broad SMARTS) is 1. The molecule has 0 aliphatic carbocycles. The minimum Gasteiger partial charge on any atom is -0.489 e. The van der Waals surface area contributed by atoms with Crippen LogP contribution in [0.2, 0.25) is 0 Å². The van der Waals surface area contributed by atoms with Crippen LogP contribution in [0.4, 0.5) is 0 Å². The number of aryl methyl sites for hydroxylation is 1. The maximum atomic E-state index is 11.1. The van der Waals surface area contributed by atoms with Crippen molar-refractivity contribution in [2.75, 3.05) is 0 Å². The number of hydrogen-bond donors (Lipinski definition) is 1. The molecule has 2 aromatic carbocycles. The predicted molar refractivity (Wildman–Crippen MR) is 110 cm³/mol. The van der Waals surface area contributed by atoms with Gasteiger partial charge in [-0.1, -0.05) is 23.4 Å². The Bertz CT molecular complexity index is 1080. The lowest BCUT2D eigenvalue weighted by Crippen LogP contribution is -2.25. The lowest BCUT2D eigenvalue weighted by atomic mass is 9.97. The summed E-state index contributed by atoms with van der Waals surface area (Å²) in [6, 6.07) is 17.7. The molecular formula is C23H22N2O4. The summed E-state index contributed by atoms with van der Waals surface area (Å²) in [5.41, 5.74) is 4.68. The molecule has 0 saturated heterocycles. The van der Waals surface area contributed by atoms with E-state index in [1.165, 1.54) is 0 Å². The second kappa shape index (κ2) is 7.91. The van der Waals surface area contributed by atoms with Gasteiger partial charge in [-0.2, -0.15) is 0 Å². The topological polar surface area (TPSA) is 81.0 Å². The van der Waals surface area contributed by atoms with Gasteiger partial charge in [-0.05, 0) is 55.8 Å². The molecule has 0 radical (unpaired) electrons. The summed E-state index contributed by atoms with van der Waals surface area (Å²) in [6.45, 7) is 4.06. The molecule has 0 saturated carbocycles. The van der Waals surface area contributed by atoms with Gasteiger partial charge < -0.3 is 14.7 Å². The molecule has 0 amide bonds. The number of fused-ring (bicyclic) bond motifs is 1. The zero-order valence-electron chi connectivity index (χ0n) is 16.3. The van der Waals surface area contributed by atoms with Gasteiger partial charge in [-0.25, -0.2) is 0 Å². The molecule has 1 aliphatic heterocycles. The first-order valence-corrected chi connectivity index (χ1v) is 9.55. The summed E-state index contributed by atoms with van der Waals surface area (Å²) >= 11 is 0. The number of aromatic nitrogens is 1. The number of para-hydroxylation sites is 1. The van der Waals surface area contributed by atoms with E-state index < -0.39 is 18.0 Å². The Morgan fingerprint density at radius 1 is 1.24 bits per heavy atom. The molecule has 0 spiro atoms. The van der Waals surface area contributed by atoms with Crippen LogP contribution in [0.15, 0.2) is 59.8 Å². The van der Waals surface area contributed by atoms with Crippen molar-refractivity contribution in [3.05, 3.63) is 71.4 Å². The lowest BCUT2D eigenvalue weighted by molar-refractivity contribution is -0.145. The highest BCUT2D eigenvalue weighted by atomic mass is 16.6. The second-order valence-electron chi connectivity index (χ2n) is 7.27. The fourth-order valence-electron chi connectivity index (χ4n) is 3.41. The van der Waals surface area contributed by atoms with E-state index in [1.807, 2.05) is 55.5 Å². The fourth-order valence-corrected chi connectivity index (χ4v) is 3.41. The third-order valence-corrected chi connectivity index (χ3v) is 5.15. The molecule has 0 fully saturated rings. The van der Waals surface area contributed by atoms with E-state index >= 15 is 0 Å². The molecule has 6 heteroatoms. The number of rotatable bonds is 6. The Kier molecular flexibility index (Phi) is 5.16. The van der Waals surface area contributed by atoms with Gasteiger partial charge >= 0.3 is 5.97 Å². The number of hydrogen-bond acceptors (Lipinski definition) is 5. The average molecular weight is 390 g/mol. The summed E-state index contributed by atoms with van der Waals surface area (Å²) in [5.74, 6) is -0.728. The molecule has 2 heterocycles. The summed E-state index contributed by atoms with van der Waals surface area (Å²) in [5, 5.41) is 14.3. The Balaban J connectivity index is 1.43. The van der Waals surface area contributed by atoms with Crippen LogP contribution in [0.5, 0.6) is 5.75 Å². The summed E-state index contributed by atoms with van der Waals surface area (Å²) in [7, 11) is 0. The van der Waals surface area contributed by atoms with E-state index in [2.05, 4.69) is 16.2 Å². The smallest absolute Gasteiger partial charge is 0.310 e. The predicted octanol–water partition coefficient (Wildman–Crippen LogP) is 4.34. The average Bonchev–Trinajstić information content (AvgIpc) is 3.21. The molecular weight excluding hydrogens is 368 g/mol. The highest BCUT2D eigenvalue weighted by Crippen LogP contribution is 2.25. The van der Waals surface area contributed by atoms with Crippen LogP contribution in [0.3, 0.4) is 0 Å². The maximum Gasteiger partial charge on any atom is 0.310 e. The summed E-state index contributed by atoms with van der Waals surface area (Å²) < 4.78 is 5.99. The number of oxime groups is 1. The first-order chi connectivity index (χ1) is 14.0. The molecule has 29 heavy (non-hydrogen) atoms. The highest BCUT2D eigenvalue weighted by molar-refractivity contribution is 6.01. The first kappa shape index (κ1) is 18.9. The van der Waals surface area contributed by atoms with Crippen molar-refractivity contribution in [1.82, 2.24) is 4.98 Å². The van der Waals surface area contributed by atoms with Crippen LogP contribution >= 0.6 is 0 Å². The Hall–Kier alpha value is -3.41. The van der Waals surface area contributed by atoms with Gasteiger partial charge in [-0.15, -0.1) is 0 Å². The summed E-state index contributed by atoms with van der Waals surface area (Å²) in [4.78, 5) is 21.0. The van der Waals surface area contributed by atoms with Gasteiger partial charge in [0.25, 0.3) is 0 Å². The first-order valence-electron chi connectivity index (χ1n) is 9.55. The molecule has 6 nitrogen and oxygen atoms in total. The van der Waals surface area contributed by atoms with Crippen LogP contribution in [0.25, 0.3) is 10.9 Å². The highest BCUT2D eigenvalue weighted by Gasteiger charge is 2.31. The van der Waals surface area contributed by atoms with Gasteiger partial charge in [0.2, 0.25) is 0 Å². The van der Waals surface area contributed by atoms with Crippen molar-refractivity contribution in [3.8, 4) is 5.75 Å². The van der Waals surface area contributed by atoms with Crippen LogP contribution in [-0.4, -0.2) is 27.9 Å². The van der Waals surface area contributed by atoms with E-state index in [4.69, 9.17) is 14.7 Å². The summed E-state index contributed by atoms with van der Waals surface area (Å²) in [6.07, 6.45) is 0.0531. The Labute approximate surface area is 168 Å². The van der Waals surface area contributed by atoms with E-state index in [0.29, 0.717) is 13.0 Å². The number of ether oxygens (including phenoxy) is 1. The molecule has 1 aromatic heterocycles. The quantitative estimate of drug-likeness (QED) is 0.677. The van der Waals surface area contributed by atoms with Gasteiger partial charge in [0.1, 0.15) is 18.5 Å². The number of nitrogens with zero attached hydrogens (tertiary/aromatic N) is 2. The fraction of sp³-hybridized carbons (Fsp3) is 0.261. The zero-order chi connectivity index (χ0) is 20.4. The maximum absolute atomic E-state index is 11.1. The van der Waals surface area contributed by atoms with E-state index in [0.717, 1.165) is 39.2 Å². The van der Waals surface area contributed by atoms with Crippen molar-refractivity contribution in [2.24, 2.45) is 11.1 Å². The van der Waals surface area contributed by atoms with Crippen LogP contribution in [0.1, 0.15) is 30.2 Å². The SMILES string of the molecule is Cc1cc(COc2ccc(C3=NOC(C(C)C(=O)O)C3)cc2)c2ccccc2n1. The van der Waals surface area contributed by atoms with Crippen LogP contribution in [-0.2, 0) is 16.2 Å². The van der Waals surface area contributed by atoms with Crippen molar-refractivity contribution >= 4 is 22.6 Å². The van der Waals surface area contributed by atoms with E-state index in [1.54, 1.807) is 6.92 Å². The largest absolute Gasteiger partial charge is 0.489 e. The monoisotopic (exact) mass is 390 g/mol. The lowest BCUT2D eigenvalue weighted by Gasteiger charge is -2.12.